The molecule has 0 saturated carbocycles. The summed E-state index contributed by atoms with van der Waals surface area (Å²) in [7, 11) is 0. The largest absolute Gasteiger partial charge is 0.453 e. The van der Waals surface area contributed by atoms with Crippen molar-refractivity contribution in [3.05, 3.63) is 78.1 Å². The standard InChI is InChI=1S/C18H9BrCl2FN7O2/c19-12-2-1-9(7-25-17(30)14-16(21)27-18(26-14)28-29-24)13(22)15(12)31-11-4-8(6-23)3-10(20)5-11/h1-5H,7H2,(H,25,30)(H,26,27). The number of azide groups is 1. The van der Waals surface area contributed by atoms with E-state index in [1.807, 2.05) is 6.07 Å². The highest BCUT2D eigenvalue weighted by molar-refractivity contribution is 9.10. The topological polar surface area (TPSA) is 140 Å². The number of carbonyl (C=O) groups excluding carboxylic acids is 1. The van der Waals surface area contributed by atoms with Gasteiger partial charge in [0.25, 0.3) is 5.91 Å². The second kappa shape index (κ2) is 9.68. The van der Waals surface area contributed by atoms with Gasteiger partial charge in [0.15, 0.2) is 23.2 Å². The molecular weight excluding hydrogens is 516 g/mol. The molecule has 0 spiro atoms. The molecule has 0 atom stereocenters. The van der Waals surface area contributed by atoms with E-state index in [0.29, 0.717) is 4.47 Å². The van der Waals surface area contributed by atoms with E-state index >= 15 is 4.39 Å². The first kappa shape index (κ1) is 22.4. The number of nitrogens with one attached hydrogen (secondary N) is 2. The van der Waals surface area contributed by atoms with E-state index in [1.54, 1.807) is 0 Å². The second-order valence-corrected chi connectivity index (χ2v) is 7.50. The van der Waals surface area contributed by atoms with Crippen LogP contribution >= 0.6 is 39.1 Å². The maximum Gasteiger partial charge on any atom is 0.273 e. The Balaban J connectivity index is 1.81. The van der Waals surface area contributed by atoms with Crippen molar-refractivity contribution in [3.8, 4) is 17.6 Å². The molecule has 0 aliphatic carbocycles. The fraction of sp³-hybridized carbons (Fsp3) is 0.0556. The molecule has 0 fully saturated rings. The highest BCUT2D eigenvalue weighted by atomic mass is 79.9. The molecule has 0 bridgehead atoms. The minimum atomic E-state index is -0.740. The molecule has 0 unspecified atom stereocenters. The molecular formula is C18H9BrCl2FN7O2. The number of hydrogen-bond donors (Lipinski definition) is 2. The fourth-order valence-corrected chi connectivity index (χ4v) is 3.27. The maximum absolute atomic E-state index is 15.0. The summed E-state index contributed by atoms with van der Waals surface area (Å²) < 4.78 is 20.9. The van der Waals surface area contributed by atoms with Crippen LogP contribution in [0.1, 0.15) is 21.6 Å². The molecule has 3 aromatic rings. The molecule has 0 aliphatic rings. The molecule has 13 heteroatoms. The van der Waals surface area contributed by atoms with Crippen LogP contribution in [0.4, 0.5) is 10.3 Å². The first-order valence-corrected chi connectivity index (χ1v) is 9.81. The second-order valence-electron chi connectivity index (χ2n) is 5.83. The number of H-pyrrole nitrogens is 1. The van der Waals surface area contributed by atoms with E-state index in [9.17, 15) is 4.79 Å². The summed E-state index contributed by atoms with van der Waals surface area (Å²) in [6, 6.07) is 9.21. The molecule has 156 valence electrons. The molecule has 1 amide bonds. The van der Waals surface area contributed by atoms with Gasteiger partial charge in [-0.2, -0.15) is 5.26 Å². The van der Waals surface area contributed by atoms with Crippen LogP contribution in [0.3, 0.4) is 0 Å². The third kappa shape index (κ3) is 5.25. The van der Waals surface area contributed by atoms with Gasteiger partial charge in [0.1, 0.15) is 10.9 Å². The molecule has 31 heavy (non-hydrogen) atoms. The normalized spacial score (nSPS) is 10.2. The van der Waals surface area contributed by atoms with E-state index in [1.165, 1.54) is 30.3 Å². The summed E-state index contributed by atoms with van der Waals surface area (Å²) in [6.45, 7) is -0.215. The van der Waals surface area contributed by atoms with Gasteiger partial charge in [0.2, 0.25) is 0 Å². The van der Waals surface area contributed by atoms with Gasteiger partial charge < -0.3 is 15.0 Å². The number of nitrogens with zero attached hydrogens (tertiary/aromatic N) is 5. The average Bonchev–Trinajstić information content (AvgIpc) is 3.10. The van der Waals surface area contributed by atoms with E-state index in [-0.39, 0.29) is 51.0 Å². The summed E-state index contributed by atoms with van der Waals surface area (Å²) in [6.07, 6.45) is 0. The highest BCUT2D eigenvalue weighted by Crippen LogP contribution is 2.35. The quantitative estimate of drug-likeness (QED) is 0.226. The SMILES string of the molecule is N#Cc1cc(Cl)cc(Oc2c(Br)ccc(CNC(=O)c3nc(N=[N+]=[N-])[nH]c3Cl)c2F)c1. The number of aromatic nitrogens is 2. The first-order valence-electron chi connectivity index (χ1n) is 8.26. The molecule has 0 aliphatic heterocycles. The number of amides is 1. The van der Waals surface area contributed by atoms with Crippen molar-refractivity contribution in [2.24, 2.45) is 5.11 Å². The molecule has 2 N–H and O–H groups in total. The van der Waals surface area contributed by atoms with Crippen LogP contribution in [0.25, 0.3) is 10.4 Å². The minimum Gasteiger partial charge on any atom is -0.453 e. The number of rotatable bonds is 6. The van der Waals surface area contributed by atoms with Crippen molar-refractivity contribution < 1.29 is 13.9 Å². The summed E-state index contributed by atoms with van der Waals surface area (Å²) in [5.41, 5.74) is 8.56. The third-order valence-electron chi connectivity index (χ3n) is 3.79. The lowest BCUT2D eigenvalue weighted by atomic mass is 10.2. The number of benzene rings is 2. The lowest BCUT2D eigenvalue weighted by Gasteiger charge is -2.13. The molecule has 3 rings (SSSR count). The van der Waals surface area contributed by atoms with Crippen LogP contribution in [0, 0.1) is 17.1 Å². The van der Waals surface area contributed by atoms with Gasteiger partial charge in [-0.05, 0) is 50.8 Å². The van der Waals surface area contributed by atoms with Crippen molar-refractivity contribution in [2.75, 3.05) is 0 Å². The Hall–Kier alpha value is -3.29. The van der Waals surface area contributed by atoms with Crippen LogP contribution < -0.4 is 10.1 Å². The van der Waals surface area contributed by atoms with Gasteiger partial charge in [-0.1, -0.05) is 29.3 Å². The molecule has 1 aromatic heterocycles. The van der Waals surface area contributed by atoms with Crippen LogP contribution in [-0.2, 0) is 6.54 Å². The van der Waals surface area contributed by atoms with Gasteiger partial charge in [0.05, 0.1) is 16.1 Å². The lowest BCUT2D eigenvalue weighted by molar-refractivity contribution is 0.0946. The molecule has 0 saturated heterocycles. The summed E-state index contributed by atoms with van der Waals surface area (Å²) >= 11 is 15.0. The van der Waals surface area contributed by atoms with Crippen LogP contribution in [0.15, 0.2) is 39.9 Å². The van der Waals surface area contributed by atoms with Crippen molar-refractivity contribution >= 4 is 51.0 Å². The minimum absolute atomic E-state index is 0.107. The van der Waals surface area contributed by atoms with Gasteiger partial charge in [0, 0.05) is 22.0 Å². The first-order chi connectivity index (χ1) is 14.8. The zero-order chi connectivity index (χ0) is 22.5. The van der Waals surface area contributed by atoms with Gasteiger partial charge in [-0.15, -0.1) is 0 Å². The zero-order valence-corrected chi connectivity index (χ0v) is 18.3. The molecule has 9 nitrogen and oxygen atoms in total. The Morgan fingerprint density at radius 3 is 2.90 bits per heavy atom. The zero-order valence-electron chi connectivity index (χ0n) is 15.2. The van der Waals surface area contributed by atoms with Gasteiger partial charge >= 0.3 is 0 Å². The Labute approximate surface area is 192 Å². The van der Waals surface area contributed by atoms with Crippen molar-refractivity contribution in [1.29, 1.82) is 5.26 Å². The number of imidazole rings is 1. The molecule has 0 radical (unpaired) electrons. The van der Waals surface area contributed by atoms with E-state index in [0.717, 1.165) is 0 Å². The Kier molecular flexibility index (Phi) is 6.99. The third-order valence-corrected chi connectivity index (χ3v) is 4.91. The monoisotopic (exact) mass is 523 g/mol. The van der Waals surface area contributed by atoms with Crippen LogP contribution in [0.2, 0.25) is 10.2 Å². The predicted molar refractivity (Wildman–Crippen MR) is 114 cm³/mol. The van der Waals surface area contributed by atoms with Crippen LogP contribution in [-0.4, -0.2) is 15.9 Å². The number of halogens is 4. The summed E-state index contributed by atoms with van der Waals surface area (Å²) in [5, 5.41) is 14.9. The summed E-state index contributed by atoms with van der Waals surface area (Å²) in [4.78, 5) is 21.0. The number of carbonyl (C=O) groups is 1. The number of nitriles is 1. The maximum atomic E-state index is 15.0. The van der Waals surface area contributed by atoms with Crippen molar-refractivity contribution in [3.63, 3.8) is 0 Å². The van der Waals surface area contributed by atoms with E-state index in [4.69, 9.17) is 38.7 Å². The van der Waals surface area contributed by atoms with Gasteiger partial charge in [-0.3, -0.25) is 4.79 Å². The van der Waals surface area contributed by atoms with Crippen molar-refractivity contribution in [2.45, 2.75) is 6.54 Å². The molecule has 2 aromatic carbocycles. The Morgan fingerprint density at radius 1 is 1.42 bits per heavy atom. The number of aromatic amines is 1. The average molecular weight is 525 g/mol. The predicted octanol–water partition coefficient (Wildman–Crippen LogP) is 6.15. The van der Waals surface area contributed by atoms with Crippen LogP contribution in [0.5, 0.6) is 11.5 Å². The number of ether oxygens (including phenoxy) is 1. The highest BCUT2D eigenvalue weighted by Gasteiger charge is 2.19. The number of hydrogen-bond acceptors (Lipinski definition) is 5. The van der Waals surface area contributed by atoms with Crippen molar-refractivity contribution in [1.82, 2.24) is 15.3 Å². The van der Waals surface area contributed by atoms with E-state index in [2.05, 4.69) is 41.2 Å². The Bertz CT molecular complexity index is 1270. The fourth-order valence-electron chi connectivity index (χ4n) is 2.45. The lowest BCUT2D eigenvalue weighted by Crippen LogP contribution is -2.24. The van der Waals surface area contributed by atoms with E-state index < -0.39 is 11.7 Å². The molecule has 1 heterocycles. The van der Waals surface area contributed by atoms with Gasteiger partial charge in [-0.25, -0.2) is 9.37 Å². The smallest absolute Gasteiger partial charge is 0.273 e. The Morgan fingerprint density at radius 2 is 2.19 bits per heavy atom. The summed E-state index contributed by atoms with van der Waals surface area (Å²) in [5.74, 6) is -1.61.